The van der Waals surface area contributed by atoms with Crippen LogP contribution in [0.1, 0.15) is 36.8 Å². The molecule has 1 saturated heterocycles. The van der Waals surface area contributed by atoms with E-state index in [0.717, 1.165) is 38.2 Å². The van der Waals surface area contributed by atoms with Crippen molar-refractivity contribution >= 4 is 0 Å². The highest BCUT2D eigenvalue weighted by Crippen LogP contribution is 2.23. The molecule has 1 atom stereocenters. The number of ether oxygens (including phenoxy) is 1. The number of imidazole rings is 1. The lowest BCUT2D eigenvalue weighted by atomic mass is 10.0. The number of hydrogen-bond donors (Lipinski definition) is 0. The molecule has 130 valence electrons. The third-order valence-corrected chi connectivity index (χ3v) is 4.97. The van der Waals surface area contributed by atoms with E-state index in [1.165, 1.54) is 30.0 Å². The van der Waals surface area contributed by atoms with Crippen molar-refractivity contribution in [2.75, 3.05) is 20.2 Å². The minimum absolute atomic E-state index is 0.716. The zero-order valence-electron chi connectivity index (χ0n) is 15.2. The third-order valence-electron chi connectivity index (χ3n) is 4.97. The number of hydrogen-bond acceptors (Lipinski definition) is 3. The molecule has 1 aliphatic heterocycles. The molecule has 1 aromatic heterocycles. The van der Waals surface area contributed by atoms with Gasteiger partial charge in [-0.1, -0.05) is 19.1 Å². The number of benzene rings is 1. The van der Waals surface area contributed by atoms with Crippen LogP contribution in [-0.2, 0) is 19.5 Å². The molecule has 0 amide bonds. The Labute approximate surface area is 145 Å². The molecule has 2 heterocycles. The number of methoxy groups -OCH3 is 1. The first-order valence-electron chi connectivity index (χ1n) is 9.06. The highest BCUT2D eigenvalue weighted by Gasteiger charge is 2.24. The first kappa shape index (κ1) is 17.0. The third kappa shape index (κ3) is 3.99. The van der Waals surface area contributed by atoms with Crippen molar-refractivity contribution in [3.05, 3.63) is 47.5 Å². The van der Waals surface area contributed by atoms with Crippen LogP contribution >= 0.6 is 0 Å². The summed E-state index contributed by atoms with van der Waals surface area (Å²) in [4.78, 5) is 7.21. The Kier molecular flexibility index (Phi) is 5.56. The van der Waals surface area contributed by atoms with Gasteiger partial charge in [-0.25, -0.2) is 4.98 Å². The van der Waals surface area contributed by atoms with Crippen LogP contribution in [0.2, 0.25) is 0 Å². The molecular weight excluding hydrogens is 298 g/mol. The molecule has 2 aromatic rings. The van der Waals surface area contributed by atoms with E-state index >= 15 is 0 Å². The van der Waals surface area contributed by atoms with Crippen LogP contribution in [0.25, 0.3) is 0 Å². The Morgan fingerprint density at radius 3 is 3.00 bits per heavy atom. The Morgan fingerprint density at radius 2 is 2.21 bits per heavy atom. The van der Waals surface area contributed by atoms with Gasteiger partial charge in [0, 0.05) is 37.9 Å². The molecule has 1 aromatic carbocycles. The number of aryl methyl sites for hydroxylation is 1. The summed E-state index contributed by atoms with van der Waals surface area (Å²) in [6.45, 7) is 8.83. The first-order valence-corrected chi connectivity index (χ1v) is 9.06. The average Bonchev–Trinajstić information content (AvgIpc) is 3.17. The van der Waals surface area contributed by atoms with Gasteiger partial charge in [-0.3, -0.25) is 4.90 Å². The quantitative estimate of drug-likeness (QED) is 0.777. The number of rotatable bonds is 7. The van der Waals surface area contributed by atoms with Crippen LogP contribution in [0.3, 0.4) is 0 Å². The molecular formula is C20H29N3O. The van der Waals surface area contributed by atoms with Crippen molar-refractivity contribution in [2.45, 2.75) is 46.2 Å². The van der Waals surface area contributed by atoms with Crippen LogP contribution in [0.4, 0.5) is 0 Å². The second kappa shape index (κ2) is 7.84. The molecule has 0 saturated carbocycles. The zero-order valence-corrected chi connectivity index (χ0v) is 15.2. The maximum atomic E-state index is 5.33. The van der Waals surface area contributed by atoms with E-state index in [0.29, 0.717) is 5.92 Å². The fourth-order valence-electron chi connectivity index (χ4n) is 3.71. The maximum Gasteiger partial charge on any atom is 0.119 e. The fourth-order valence-corrected chi connectivity index (χ4v) is 3.71. The smallest absolute Gasteiger partial charge is 0.119 e. The molecule has 0 aliphatic carbocycles. The zero-order chi connectivity index (χ0) is 16.9. The van der Waals surface area contributed by atoms with Crippen LogP contribution < -0.4 is 4.74 Å². The molecule has 24 heavy (non-hydrogen) atoms. The van der Waals surface area contributed by atoms with Gasteiger partial charge in [-0.2, -0.15) is 0 Å². The van der Waals surface area contributed by atoms with Gasteiger partial charge in [-0.15, -0.1) is 0 Å². The monoisotopic (exact) mass is 327 g/mol. The Morgan fingerprint density at radius 1 is 1.33 bits per heavy atom. The predicted molar refractivity (Wildman–Crippen MR) is 97.3 cm³/mol. The van der Waals surface area contributed by atoms with Gasteiger partial charge in [0.2, 0.25) is 0 Å². The van der Waals surface area contributed by atoms with Gasteiger partial charge in [0.25, 0.3) is 0 Å². The van der Waals surface area contributed by atoms with Gasteiger partial charge in [-0.05, 0) is 49.9 Å². The maximum absolute atomic E-state index is 5.33. The number of likely N-dealkylation sites (tertiary alicyclic amines) is 1. The molecule has 0 N–H and O–H groups in total. The average molecular weight is 327 g/mol. The molecule has 1 unspecified atom stereocenters. The summed E-state index contributed by atoms with van der Waals surface area (Å²) in [5, 5.41) is 0. The van der Waals surface area contributed by atoms with Gasteiger partial charge >= 0.3 is 0 Å². The molecule has 4 heteroatoms. The minimum atomic E-state index is 0.716. The van der Waals surface area contributed by atoms with Gasteiger partial charge in [0.05, 0.1) is 7.11 Å². The van der Waals surface area contributed by atoms with Crippen LogP contribution in [0.15, 0.2) is 30.5 Å². The van der Waals surface area contributed by atoms with Crippen molar-refractivity contribution in [3.63, 3.8) is 0 Å². The van der Waals surface area contributed by atoms with Crippen molar-refractivity contribution in [3.8, 4) is 5.75 Å². The summed E-state index contributed by atoms with van der Waals surface area (Å²) in [6.07, 6.45) is 5.55. The minimum Gasteiger partial charge on any atom is -0.497 e. The molecule has 4 nitrogen and oxygen atoms in total. The van der Waals surface area contributed by atoms with E-state index < -0.39 is 0 Å². The van der Waals surface area contributed by atoms with E-state index in [1.807, 2.05) is 12.3 Å². The van der Waals surface area contributed by atoms with Gasteiger partial charge in [0.15, 0.2) is 0 Å². The molecule has 1 fully saturated rings. The van der Waals surface area contributed by atoms with Crippen molar-refractivity contribution < 1.29 is 4.74 Å². The summed E-state index contributed by atoms with van der Waals surface area (Å²) >= 11 is 0. The second-order valence-electron chi connectivity index (χ2n) is 6.91. The number of nitrogens with zero attached hydrogens (tertiary/aromatic N) is 3. The van der Waals surface area contributed by atoms with Crippen molar-refractivity contribution in [1.29, 1.82) is 0 Å². The van der Waals surface area contributed by atoms with Gasteiger partial charge in [0.1, 0.15) is 11.6 Å². The predicted octanol–water partition coefficient (Wildman–Crippen LogP) is 3.67. The fraction of sp³-hybridized carbons (Fsp3) is 0.550. The van der Waals surface area contributed by atoms with Crippen molar-refractivity contribution in [1.82, 2.24) is 14.5 Å². The highest BCUT2D eigenvalue weighted by molar-refractivity contribution is 5.28. The van der Waals surface area contributed by atoms with E-state index in [4.69, 9.17) is 4.74 Å². The van der Waals surface area contributed by atoms with E-state index in [2.05, 4.69) is 46.5 Å². The van der Waals surface area contributed by atoms with Crippen LogP contribution in [0.5, 0.6) is 5.75 Å². The summed E-state index contributed by atoms with van der Waals surface area (Å²) in [5.41, 5.74) is 2.62. The van der Waals surface area contributed by atoms with E-state index in [-0.39, 0.29) is 0 Å². The molecule has 1 aliphatic rings. The molecule has 0 radical (unpaired) electrons. The Hall–Kier alpha value is -1.81. The molecule has 3 rings (SSSR count). The van der Waals surface area contributed by atoms with Crippen LogP contribution in [0, 0.1) is 12.8 Å². The Balaban J connectivity index is 1.57. The first-order chi connectivity index (χ1) is 11.7. The lowest BCUT2D eigenvalue weighted by Gasteiger charge is -2.17. The lowest BCUT2D eigenvalue weighted by molar-refractivity contribution is 0.314. The largest absolute Gasteiger partial charge is 0.497 e. The number of aromatic nitrogens is 2. The topological polar surface area (TPSA) is 30.3 Å². The molecule has 0 spiro atoms. The van der Waals surface area contributed by atoms with Gasteiger partial charge < -0.3 is 9.30 Å². The van der Waals surface area contributed by atoms with Crippen LogP contribution in [-0.4, -0.2) is 34.7 Å². The lowest BCUT2D eigenvalue weighted by Crippen LogP contribution is -2.21. The Bertz CT molecular complexity index is 665. The summed E-state index contributed by atoms with van der Waals surface area (Å²) in [6, 6.07) is 8.41. The highest BCUT2D eigenvalue weighted by atomic mass is 16.5. The van der Waals surface area contributed by atoms with Crippen molar-refractivity contribution in [2.24, 2.45) is 5.92 Å². The standard InChI is InChI=1S/C20H29N3O/c1-4-9-23-16(2)13-21-20(23)12-18-8-10-22(15-18)14-17-6-5-7-19(11-17)24-3/h5-7,11,13,18H,4,8-10,12,14-15H2,1-3H3. The second-order valence-corrected chi connectivity index (χ2v) is 6.91. The summed E-state index contributed by atoms with van der Waals surface area (Å²) in [7, 11) is 1.73. The summed E-state index contributed by atoms with van der Waals surface area (Å²) in [5.74, 6) is 2.93. The molecule has 0 bridgehead atoms. The SMILES string of the molecule is CCCn1c(C)cnc1CC1CCN(Cc2cccc(OC)c2)C1. The normalized spacial score (nSPS) is 18.2. The summed E-state index contributed by atoms with van der Waals surface area (Å²) < 4.78 is 7.72. The van der Waals surface area contributed by atoms with E-state index in [1.54, 1.807) is 7.11 Å². The van der Waals surface area contributed by atoms with E-state index in [9.17, 15) is 0 Å².